The van der Waals surface area contributed by atoms with Crippen molar-refractivity contribution in [2.45, 2.75) is 39.2 Å². The summed E-state index contributed by atoms with van der Waals surface area (Å²) in [5.41, 5.74) is 1.78. The number of anilines is 1. The average molecular weight is 390 g/mol. The minimum atomic E-state index is -3.38. The van der Waals surface area contributed by atoms with Crippen LogP contribution in [0.1, 0.15) is 42.1 Å². The molecule has 0 saturated carbocycles. The van der Waals surface area contributed by atoms with Gasteiger partial charge < -0.3 is 10.2 Å². The molecule has 1 aromatic carbocycles. The number of nitrogens with zero attached hydrogens (tertiary/aromatic N) is 1. The molecule has 8 heteroatoms. The van der Waals surface area contributed by atoms with Crippen LogP contribution in [0.25, 0.3) is 0 Å². The first kappa shape index (κ1) is 21.7. The Balaban J connectivity index is 0.00000312. The number of piperidine rings is 1. The lowest BCUT2D eigenvalue weighted by atomic mass is 10.0. The van der Waals surface area contributed by atoms with Gasteiger partial charge in [-0.05, 0) is 57.0 Å². The number of hydrogen-bond acceptors (Lipinski definition) is 4. The number of nitrogens with one attached hydrogen (secondary N) is 2. The third-order valence-corrected chi connectivity index (χ3v) is 4.85. The summed E-state index contributed by atoms with van der Waals surface area (Å²) in [5, 5.41) is 3.32. The Morgan fingerprint density at radius 3 is 2.52 bits per heavy atom. The van der Waals surface area contributed by atoms with E-state index in [0.29, 0.717) is 17.8 Å². The van der Waals surface area contributed by atoms with Crippen LogP contribution in [0.3, 0.4) is 0 Å². The summed E-state index contributed by atoms with van der Waals surface area (Å²) in [6, 6.07) is 5.44. The van der Waals surface area contributed by atoms with E-state index in [1.165, 1.54) is 0 Å². The normalized spacial score (nSPS) is 15.3. The molecule has 2 rings (SSSR count). The summed E-state index contributed by atoms with van der Waals surface area (Å²) in [5.74, 6) is -0.0275. The number of amides is 1. The summed E-state index contributed by atoms with van der Waals surface area (Å²) in [6.07, 6.45) is 3.91. The van der Waals surface area contributed by atoms with Gasteiger partial charge in [0, 0.05) is 18.2 Å². The molecular formula is C17H28ClN3O3S. The molecule has 1 aliphatic rings. The summed E-state index contributed by atoms with van der Waals surface area (Å²) in [7, 11) is -3.38. The van der Waals surface area contributed by atoms with Crippen molar-refractivity contribution in [3.63, 3.8) is 0 Å². The van der Waals surface area contributed by atoms with Crippen molar-refractivity contribution in [1.82, 2.24) is 10.2 Å². The molecule has 1 amide bonds. The smallest absolute Gasteiger partial charge is 0.254 e. The Morgan fingerprint density at radius 2 is 1.96 bits per heavy atom. The first-order valence-electron chi connectivity index (χ1n) is 8.42. The van der Waals surface area contributed by atoms with E-state index in [4.69, 9.17) is 0 Å². The SMILES string of the molecule is CCCN(C(=O)c1ccc(C)c(NS(C)(=O)=O)c1)C1CCNCC1.Cl. The average Bonchev–Trinajstić information content (AvgIpc) is 2.53. The fourth-order valence-corrected chi connectivity index (χ4v) is 3.66. The molecule has 1 aromatic rings. The number of carbonyl (C=O) groups is 1. The first-order valence-corrected chi connectivity index (χ1v) is 10.3. The van der Waals surface area contributed by atoms with Gasteiger partial charge in [0.15, 0.2) is 0 Å². The molecule has 1 saturated heterocycles. The highest BCUT2D eigenvalue weighted by molar-refractivity contribution is 7.92. The van der Waals surface area contributed by atoms with Crippen LogP contribution in [0.5, 0.6) is 0 Å². The predicted octanol–water partition coefficient (Wildman–Crippen LogP) is 2.39. The fraction of sp³-hybridized carbons (Fsp3) is 0.588. The van der Waals surface area contributed by atoms with Gasteiger partial charge in [0.05, 0.1) is 11.9 Å². The maximum absolute atomic E-state index is 13.0. The van der Waals surface area contributed by atoms with Crippen molar-refractivity contribution in [3.8, 4) is 0 Å². The van der Waals surface area contributed by atoms with E-state index >= 15 is 0 Å². The van der Waals surface area contributed by atoms with Crippen LogP contribution < -0.4 is 10.0 Å². The molecule has 6 nitrogen and oxygen atoms in total. The topological polar surface area (TPSA) is 78.5 Å². The number of halogens is 1. The molecule has 1 aliphatic heterocycles. The van der Waals surface area contributed by atoms with E-state index in [1.807, 2.05) is 11.8 Å². The van der Waals surface area contributed by atoms with Crippen molar-refractivity contribution >= 4 is 34.0 Å². The maximum atomic E-state index is 13.0. The Morgan fingerprint density at radius 1 is 1.32 bits per heavy atom. The Bertz CT molecular complexity index is 688. The zero-order valence-corrected chi connectivity index (χ0v) is 16.7. The standard InChI is InChI=1S/C17H27N3O3S.ClH/c1-4-11-20(15-7-9-18-10-8-15)17(21)14-6-5-13(2)16(12-14)19-24(3,22)23;/h5-6,12,15,18-19H,4,7-11H2,1-3H3;1H. The lowest BCUT2D eigenvalue weighted by Crippen LogP contribution is -2.46. The second-order valence-electron chi connectivity index (χ2n) is 6.38. The molecule has 142 valence electrons. The molecule has 0 bridgehead atoms. The molecule has 1 fully saturated rings. The molecule has 1 heterocycles. The van der Waals surface area contributed by atoms with Crippen molar-refractivity contribution in [1.29, 1.82) is 0 Å². The third-order valence-electron chi connectivity index (χ3n) is 4.25. The van der Waals surface area contributed by atoms with Crippen LogP contribution >= 0.6 is 12.4 Å². The summed E-state index contributed by atoms with van der Waals surface area (Å²) < 4.78 is 25.5. The quantitative estimate of drug-likeness (QED) is 0.783. The summed E-state index contributed by atoms with van der Waals surface area (Å²) >= 11 is 0. The monoisotopic (exact) mass is 389 g/mol. The van der Waals surface area contributed by atoms with Gasteiger partial charge in [0.2, 0.25) is 10.0 Å². The largest absolute Gasteiger partial charge is 0.336 e. The van der Waals surface area contributed by atoms with Crippen molar-refractivity contribution in [2.75, 3.05) is 30.6 Å². The summed E-state index contributed by atoms with van der Waals surface area (Å²) in [6.45, 7) is 6.44. The molecule has 0 aromatic heterocycles. The van der Waals surface area contributed by atoms with E-state index in [-0.39, 0.29) is 24.4 Å². The van der Waals surface area contributed by atoms with E-state index in [9.17, 15) is 13.2 Å². The third kappa shape index (κ3) is 6.17. The van der Waals surface area contributed by atoms with E-state index in [1.54, 1.807) is 18.2 Å². The highest BCUT2D eigenvalue weighted by atomic mass is 35.5. The van der Waals surface area contributed by atoms with Gasteiger partial charge in [-0.25, -0.2) is 8.42 Å². The molecule has 25 heavy (non-hydrogen) atoms. The summed E-state index contributed by atoms with van der Waals surface area (Å²) in [4.78, 5) is 14.9. The van der Waals surface area contributed by atoms with E-state index in [0.717, 1.165) is 44.2 Å². The van der Waals surface area contributed by atoms with Gasteiger partial charge in [0.1, 0.15) is 0 Å². The molecule has 0 spiro atoms. The fourth-order valence-electron chi connectivity index (χ4n) is 3.04. The van der Waals surface area contributed by atoms with Crippen LogP contribution in [0.2, 0.25) is 0 Å². The lowest BCUT2D eigenvalue weighted by Gasteiger charge is -2.34. The minimum Gasteiger partial charge on any atom is -0.336 e. The van der Waals surface area contributed by atoms with Gasteiger partial charge in [-0.2, -0.15) is 0 Å². The van der Waals surface area contributed by atoms with Crippen LogP contribution in [-0.4, -0.2) is 51.2 Å². The number of carbonyl (C=O) groups excluding carboxylic acids is 1. The number of sulfonamides is 1. The van der Waals surface area contributed by atoms with Crippen LogP contribution in [-0.2, 0) is 10.0 Å². The van der Waals surface area contributed by atoms with Crippen molar-refractivity contribution in [2.24, 2.45) is 0 Å². The zero-order valence-electron chi connectivity index (χ0n) is 15.0. The molecular weight excluding hydrogens is 362 g/mol. The van der Waals surface area contributed by atoms with Crippen LogP contribution in [0.15, 0.2) is 18.2 Å². The maximum Gasteiger partial charge on any atom is 0.254 e. The molecule has 0 aliphatic carbocycles. The Hall–Kier alpha value is -1.31. The number of hydrogen-bond donors (Lipinski definition) is 2. The van der Waals surface area contributed by atoms with Crippen LogP contribution in [0.4, 0.5) is 5.69 Å². The second-order valence-corrected chi connectivity index (χ2v) is 8.13. The number of benzene rings is 1. The van der Waals surface area contributed by atoms with Gasteiger partial charge in [-0.3, -0.25) is 9.52 Å². The molecule has 0 unspecified atom stereocenters. The highest BCUT2D eigenvalue weighted by Gasteiger charge is 2.26. The van der Waals surface area contributed by atoms with E-state index in [2.05, 4.69) is 17.0 Å². The molecule has 0 radical (unpaired) electrons. The highest BCUT2D eigenvalue weighted by Crippen LogP contribution is 2.22. The van der Waals surface area contributed by atoms with Gasteiger partial charge in [-0.15, -0.1) is 12.4 Å². The number of aryl methyl sites for hydroxylation is 1. The van der Waals surface area contributed by atoms with Gasteiger partial charge >= 0.3 is 0 Å². The molecule has 0 atom stereocenters. The van der Waals surface area contributed by atoms with Gasteiger partial charge in [0.25, 0.3) is 5.91 Å². The van der Waals surface area contributed by atoms with Gasteiger partial charge in [-0.1, -0.05) is 13.0 Å². The van der Waals surface area contributed by atoms with Crippen LogP contribution in [0, 0.1) is 6.92 Å². The number of rotatable bonds is 6. The second kappa shape index (κ2) is 9.40. The lowest BCUT2D eigenvalue weighted by molar-refractivity contribution is 0.0642. The predicted molar refractivity (Wildman–Crippen MR) is 104 cm³/mol. The van der Waals surface area contributed by atoms with Crippen molar-refractivity contribution in [3.05, 3.63) is 29.3 Å². The van der Waals surface area contributed by atoms with Crippen molar-refractivity contribution < 1.29 is 13.2 Å². The minimum absolute atomic E-state index is 0. The Kier molecular flexibility index (Phi) is 8.18. The first-order chi connectivity index (χ1) is 11.3. The van der Waals surface area contributed by atoms with E-state index < -0.39 is 10.0 Å². The zero-order chi connectivity index (χ0) is 17.7. The Labute approximate surface area is 156 Å². The molecule has 2 N–H and O–H groups in total.